The third-order valence-corrected chi connectivity index (χ3v) is 3.95. The summed E-state index contributed by atoms with van der Waals surface area (Å²) in [6.45, 7) is 0.411. The Morgan fingerprint density at radius 2 is 1.76 bits per heavy atom. The van der Waals surface area contributed by atoms with Crippen LogP contribution in [0.2, 0.25) is 5.02 Å². The number of halogens is 1. The number of nitrogens with zero attached hydrogens (tertiary/aromatic N) is 2. The van der Waals surface area contributed by atoms with Gasteiger partial charge in [0.05, 0.1) is 16.9 Å². The number of nitrogens with one attached hydrogen (secondary N) is 1. The minimum absolute atomic E-state index is 0.105. The molecule has 0 spiro atoms. The van der Waals surface area contributed by atoms with Crippen molar-refractivity contribution in [2.45, 2.75) is 6.54 Å². The van der Waals surface area contributed by atoms with Gasteiger partial charge in [-0.1, -0.05) is 54.1 Å². The lowest BCUT2D eigenvalue weighted by atomic mass is 10.2. The van der Waals surface area contributed by atoms with Gasteiger partial charge < -0.3 is 15.6 Å². The van der Waals surface area contributed by atoms with E-state index in [2.05, 4.69) is 10.3 Å². The normalized spacial score (nSPS) is 10.4. The Morgan fingerprint density at radius 1 is 1.08 bits per heavy atom. The number of carbonyl (C=O) groups is 2. The van der Waals surface area contributed by atoms with Crippen LogP contribution in [0.1, 0.15) is 26.4 Å². The molecule has 0 aliphatic carbocycles. The molecule has 2 aromatic carbocycles. The highest BCUT2D eigenvalue weighted by atomic mass is 35.5. The van der Waals surface area contributed by atoms with Crippen molar-refractivity contribution in [3.05, 3.63) is 82.8 Å². The van der Waals surface area contributed by atoms with Gasteiger partial charge in [-0.25, -0.2) is 4.98 Å². The first kappa shape index (κ1) is 16.7. The molecule has 0 saturated carbocycles. The Bertz CT molecular complexity index is 922. The fourth-order valence-electron chi connectivity index (χ4n) is 2.45. The Morgan fingerprint density at radius 3 is 2.44 bits per heavy atom. The molecular weight excluding hydrogens is 340 g/mol. The highest BCUT2D eigenvalue weighted by Crippen LogP contribution is 2.19. The molecule has 3 rings (SSSR count). The van der Waals surface area contributed by atoms with E-state index in [1.807, 2.05) is 30.3 Å². The second-order valence-corrected chi connectivity index (χ2v) is 5.76. The van der Waals surface area contributed by atoms with Gasteiger partial charge >= 0.3 is 0 Å². The molecule has 0 radical (unpaired) electrons. The van der Waals surface area contributed by atoms with Crippen LogP contribution in [-0.2, 0) is 6.54 Å². The van der Waals surface area contributed by atoms with Crippen molar-refractivity contribution in [1.29, 1.82) is 0 Å². The predicted molar refractivity (Wildman–Crippen MR) is 95.7 cm³/mol. The molecule has 0 saturated heterocycles. The number of benzene rings is 2. The summed E-state index contributed by atoms with van der Waals surface area (Å²) in [5.74, 6) is -1.03. The van der Waals surface area contributed by atoms with Crippen LogP contribution in [0.3, 0.4) is 0 Å². The number of primary amides is 1. The van der Waals surface area contributed by atoms with Gasteiger partial charge in [-0.2, -0.15) is 0 Å². The second kappa shape index (κ2) is 7.19. The maximum atomic E-state index is 12.4. The lowest BCUT2D eigenvalue weighted by Gasteiger charge is -2.09. The zero-order chi connectivity index (χ0) is 17.8. The summed E-state index contributed by atoms with van der Waals surface area (Å²) in [6, 6.07) is 16.2. The molecule has 1 aromatic heterocycles. The van der Waals surface area contributed by atoms with Gasteiger partial charge in [0.2, 0.25) is 0 Å². The number of aromatic nitrogens is 2. The summed E-state index contributed by atoms with van der Waals surface area (Å²) in [5, 5.41) is 2.91. The Balaban J connectivity index is 1.88. The quantitative estimate of drug-likeness (QED) is 0.738. The van der Waals surface area contributed by atoms with Crippen molar-refractivity contribution < 1.29 is 9.59 Å². The fourth-order valence-corrected chi connectivity index (χ4v) is 2.67. The molecule has 1 heterocycles. The third kappa shape index (κ3) is 3.70. The van der Waals surface area contributed by atoms with Gasteiger partial charge in [0.1, 0.15) is 0 Å². The van der Waals surface area contributed by atoms with E-state index in [0.717, 1.165) is 5.56 Å². The number of imidazole rings is 1. The van der Waals surface area contributed by atoms with E-state index in [0.29, 0.717) is 11.6 Å². The SMILES string of the molecule is NC(=O)c1c(NC(=O)c2ccccc2Cl)ncn1Cc1ccccc1. The zero-order valence-corrected chi connectivity index (χ0v) is 13.9. The van der Waals surface area contributed by atoms with Crippen LogP contribution in [0.4, 0.5) is 5.82 Å². The second-order valence-electron chi connectivity index (χ2n) is 5.35. The topological polar surface area (TPSA) is 90.0 Å². The van der Waals surface area contributed by atoms with E-state index < -0.39 is 11.8 Å². The number of hydrogen-bond donors (Lipinski definition) is 2. The molecule has 3 N–H and O–H groups in total. The van der Waals surface area contributed by atoms with Gasteiger partial charge in [0.25, 0.3) is 11.8 Å². The Kier molecular flexibility index (Phi) is 4.81. The summed E-state index contributed by atoms with van der Waals surface area (Å²) in [6.07, 6.45) is 1.47. The lowest BCUT2D eigenvalue weighted by molar-refractivity contribution is 0.0993. The first-order valence-electron chi connectivity index (χ1n) is 7.51. The molecule has 0 aliphatic rings. The highest BCUT2D eigenvalue weighted by molar-refractivity contribution is 6.34. The molecule has 25 heavy (non-hydrogen) atoms. The van der Waals surface area contributed by atoms with Gasteiger partial charge in [-0.3, -0.25) is 9.59 Å². The van der Waals surface area contributed by atoms with E-state index in [9.17, 15) is 9.59 Å². The van der Waals surface area contributed by atoms with Crippen LogP contribution in [0.5, 0.6) is 0 Å². The van der Waals surface area contributed by atoms with Crippen LogP contribution in [0.25, 0.3) is 0 Å². The fraction of sp³-hybridized carbons (Fsp3) is 0.0556. The van der Waals surface area contributed by atoms with Crippen LogP contribution in [-0.4, -0.2) is 21.4 Å². The van der Waals surface area contributed by atoms with Crippen molar-refractivity contribution in [2.75, 3.05) is 5.32 Å². The molecule has 0 unspecified atom stereocenters. The average molecular weight is 355 g/mol. The number of hydrogen-bond acceptors (Lipinski definition) is 3. The summed E-state index contributed by atoms with van der Waals surface area (Å²) in [7, 11) is 0. The van der Waals surface area contributed by atoms with E-state index in [-0.39, 0.29) is 17.1 Å². The number of anilines is 1. The van der Waals surface area contributed by atoms with Gasteiger partial charge in [-0.05, 0) is 17.7 Å². The zero-order valence-electron chi connectivity index (χ0n) is 13.1. The molecular formula is C18H15ClN4O2. The van der Waals surface area contributed by atoms with Gasteiger partial charge in [-0.15, -0.1) is 0 Å². The molecule has 0 fully saturated rings. The van der Waals surface area contributed by atoms with Gasteiger partial charge in [0.15, 0.2) is 11.5 Å². The monoisotopic (exact) mass is 354 g/mol. The average Bonchev–Trinajstić information content (AvgIpc) is 2.98. The molecule has 6 nitrogen and oxygen atoms in total. The van der Waals surface area contributed by atoms with Crippen LogP contribution >= 0.6 is 11.6 Å². The van der Waals surface area contributed by atoms with E-state index in [1.54, 1.807) is 28.8 Å². The molecule has 3 aromatic rings. The summed E-state index contributed by atoms with van der Waals surface area (Å²) in [4.78, 5) is 28.4. The number of amides is 2. The van der Waals surface area contributed by atoms with Crippen LogP contribution in [0, 0.1) is 0 Å². The van der Waals surface area contributed by atoms with Crippen molar-refractivity contribution in [3.8, 4) is 0 Å². The smallest absolute Gasteiger partial charge is 0.269 e. The maximum absolute atomic E-state index is 12.4. The molecule has 0 bridgehead atoms. The van der Waals surface area contributed by atoms with E-state index in [1.165, 1.54) is 6.33 Å². The lowest BCUT2D eigenvalue weighted by Crippen LogP contribution is -2.21. The number of rotatable bonds is 5. The first-order valence-corrected chi connectivity index (χ1v) is 7.89. The predicted octanol–water partition coefficient (Wildman–Crippen LogP) is 2.94. The third-order valence-electron chi connectivity index (χ3n) is 3.62. The summed E-state index contributed by atoms with van der Waals surface area (Å²) >= 11 is 6.02. The van der Waals surface area contributed by atoms with Crippen molar-refractivity contribution in [1.82, 2.24) is 9.55 Å². The highest BCUT2D eigenvalue weighted by Gasteiger charge is 2.20. The molecule has 0 aliphatic heterocycles. The first-order chi connectivity index (χ1) is 12.1. The number of carbonyl (C=O) groups excluding carboxylic acids is 2. The van der Waals surface area contributed by atoms with Crippen LogP contribution < -0.4 is 11.1 Å². The van der Waals surface area contributed by atoms with E-state index in [4.69, 9.17) is 17.3 Å². The van der Waals surface area contributed by atoms with Crippen LogP contribution in [0.15, 0.2) is 60.9 Å². The largest absolute Gasteiger partial charge is 0.364 e. The standard InChI is InChI=1S/C18H15ClN4O2/c19-14-9-5-4-8-13(14)18(25)22-17-15(16(20)24)23(11-21-17)10-12-6-2-1-3-7-12/h1-9,11H,10H2,(H2,20,24)(H,22,25). The van der Waals surface area contributed by atoms with Crippen molar-refractivity contribution in [2.24, 2.45) is 5.73 Å². The molecule has 0 atom stereocenters. The maximum Gasteiger partial charge on any atom is 0.269 e. The summed E-state index contributed by atoms with van der Waals surface area (Å²) < 4.78 is 1.60. The Hall–Kier alpha value is -3.12. The summed E-state index contributed by atoms with van der Waals surface area (Å²) in [5.41, 5.74) is 6.88. The van der Waals surface area contributed by atoms with Gasteiger partial charge in [0, 0.05) is 6.54 Å². The Labute approximate surface area is 149 Å². The van der Waals surface area contributed by atoms with Crippen molar-refractivity contribution in [3.63, 3.8) is 0 Å². The van der Waals surface area contributed by atoms with E-state index >= 15 is 0 Å². The molecule has 2 amide bonds. The molecule has 7 heteroatoms. The minimum atomic E-state index is -0.678. The minimum Gasteiger partial charge on any atom is -0.364 e. The van der Waals surface area contributed by atoms with Crippen molar-refractivity contribution >= 4 is 29.2 Å². The molecule has 126 valence electrons. The number of nitrogens with two attached hydrogens (primary N) is 1.